The lowest BCUT2D eigenvalue weighted by molar-refractivity contribution is -0.134. The van der Waals surface area contributed by atoms with Crippen molar-refractivity contribution in [3.63, 3.8) is 0 Å². The van der Waals surface area contributed by atoms with Gasteiger partial charge >= 0.3 is 0 Å². The number of nitrogens with one attached hydrogen (secondary N) is 1. The molecule has 3 rings (SSSR count). The van der Waals surface area contributed by atoms with E-state index in [-0.39, 0.29) is 6.04 Å². The van der Waals surface area contributed by atoms with Gasteiger partial charge in [0.25, 0.3) is 0 Å². The quantitative estimate of drug-likeness (QED) is 0.677. The van der Waals surface area contributed by atoms with E-state index in [1.54, 1.807) is 0 Å². The number of fused-ring (bicyclic) bond motifs is 1. The van der Waals surface area contributed by atoms with Crippen LogP contribution in [0.25, 0.3) is 0 Å². The van der Waals surface area contributed by atoms with Crippen molar-refractivity contribution < 1.29 is 4.79 Å². The van der Waals surface area contributed by atoms with Crippen molar-refractivity contribution in [3.8, 4) is 0 Å². The number of amides is 1. The highest BCUT2D eigenvalue weighted by atomic mass is 16.2. The van der Waals surface area contributed by atoms with Crippen LogP contribution in [0.1, 0.15) is 19.3 Å². The van der Waals surface area contributed by atoms with Gasteiger partial charge in [0.1, 0.15) is 0 Å². The normalized spacial score (nSPS) is 43.3. The Bertz CT molecular complexity index is 313. The lowest BCUT2D eigenvalue weighted by Gasteiger charge is -2.34. The molecule has 3 heteroatoms. The number of nitrogens with zero attached hydrogens (tertiary/aromatic N) is 1. The van der Waals surface area contributed by atoms with E-state index in [0.717, 1.165) is 31.2 Å². The Balaban J connectivity index is 1.79. The molecule has 15 heavy (non-hydrogen) atoms. The van der Waals surface area contributed by atoms with Crippen LogP contribution in [0.4, 0.5) is 0 Å². The highest BCUT2D eigenvalue weighted by Crippen LogP contribution is 2.45. The molecule has 4 unspecified atom stereocenters. The van der Waals surface area contributed by atoms with E-state index in [1.165, 1.54) is 6.42 Å². The zero-order valence-corrected chi connectivity index (χ0v) is 9.15. The Labute approximate surface area is 90.5 Å². The minimum atomic E-state index is 0.0662. The summed E-state index contributed by atoms with van der Waals surface area (Å²) in [4.78, 5) is 14.3. The first-order valence-electron chi connectivity index (χ1n) is 5.94. The van der Waals surface area contributed by atoms with Gasteiger partial charge in [-0.15, -0.1) is 0 Å². The van der Waals surface area contributed by atoms with E-state index in [9.17, 15) is 4.79 Å². The largest absolute Gasteiger partial charge is 0.334 e. The molecule has 2 fully saturated rings. The highest BCUT2D eigenvalue weighted by molar-refractivity contribution is 5.83. The van der Waals surface area contributed by atoms with Crippen LogP contribution in [0.5, 0.6) is 0 Å². The van der Waals surface area contributed by atoms with Crippen LogP contribution in [0.3, 0.4) is 0 Å². The summed E-state index contributed by atoms with van der Waals surface area (Å²) in [6, 6.07) is 0.462. The molecule has 0 aromatic heterocycles. The third-order valence-electron chi connectivity index (χ3n) is 4.10. The fraction of sp³-hybridized carbons (Fsp3) is 0.750. The summed E-state index contributed by atoms with van der Waals surface area (Å²) in [5.41, 5.74) is 0. The lowest BCUT2D eigenvalue weighted by Crippen LogP contribution is -2.50. The summed E-state index contributed by atoms with van der Waals surface area (Å²) < 4.78 is 0. The fourth-order valence-electron chi connectivity index (χ4n) is 2.80. The zero-order valence-electron chi connectivity index (χ0n) is 9.15. The van der Waals surface area contributed by atoms with E-state index in [1.807, 2.05) is 7.05 Å². The van der Waals surface area contributed by atoms with Crippen LogP contribution in [0.2, 0.25) is 0 Å². The van der Waals surface area contributed by atoms with Crippen molar-refractivity contribution in [1.29, 1.82) is 0 Å². The molecule has 0 aromatic carbocycles. The summed E-state index contributed by atoms with van der Waals surface area (Å²) in [5.74, 6) is 1.92. The monoisotopic (exact) mass is 206 g/mol. The maximum atomic E-state index is 12.2. The number of carbonyl (C=O) groups is 1. The van der Waals surface area contributed by atoms with Gasteiger partial charge in [-0.25, -0.2) is 0 Å². The van der Waals surface area contributed by atoms with Crippen LogP contribution in [0, 0.1) is 11.8 Å². The first kappa shape index (κ1) is 9.40. The second-order valence-corrected chi connectivity index (χ2v) is 5.05. The summed E-state index contributed by atoms with van der Waals surface area (Å²) in [6.45, 7) is 0.997. The number of carbonyl (C=O) groups excluding carboxylic acids is 1. The van der Waals surface area contributed by atoms with Crippen molar-refractivity contribution in [1.82, 2.24) is 10.2 Å². The topological polar surface area (TPSA) is 32.3 Å². The average molecular weight is 206 g/mol. The molecule has 82 valence electrons. The molecule has 0 radical (unpaired) electrons. The maximum Gasteiger partial charge on any atom is 0.240 e. The number of likely N-dealkylation sites (N-methyl/N-ethyl adjacent to an activating group) is 1. The van der Waals surface area contributed by atoms with Gasteiger partial charge in [0.05, 0.1) is 12.1 Å². The molecule has 1 aliphatic heterocycles. The van der Waals surface area contributed by atoms with Gasteiger partial charge in [-0.3, -0.25) is 4.79 Å². The maximum absolute atomic E-state index is 12.2. The Morgan fingerprint density at radius 1 is 1.40 bits per heavy atom. The molecule has 1 saturated heterocycles. The molecule has 0 aromatic rings. The van der Waals surface area contributed by atoms with Gasteiger partial charge in [0.2, 0.25) is 5.91 Å². The molecule has 4 atom stereocenters. The highest BCUT2D eigenvalue weighted by Gasteiger charge is 2.46. The van der Waals surface area contributed by atoms with E-state index < -0.39 is 0 Å². The molecule has 1 saturated carbocycles. The van der Waals surface area contributed by atoms with Crippen LogP contribution < -0.4 is 5.32 Å². The standard InChI is InChI=1S/C12H18N2O/c1-13-11-6-8-5-9(8)7-14(12(11)15)10-3-2-4-10/h2-3,8-11,13H,4-7H2,1H3. The predicted molar refractivity (Wildman–Crippen MR) is 58.3 cm³/mol. The molecular formula is C12H18N2O. The SMILES string of the molecule is CNC1CC2CC2CN(C2C=CC2)C1=O. The van der Waals surface area contributed by atoms with Crippen LogP contribution in [-0.2, 0) is 4.79 Å². The minimum Gasteiger partial charge on any atom is -0.334 e. The molecular weight excluding hydrogens is 188 g/mol. The summed E-state index contributed by atoms with van der Waals surface area (Å²) in [7, 11) is 1.90. The molecule has 1 amide bonds. The van der Waals surface area contributed by atoms with Crippen molar-refractivity contribution >= 4 is 5.91 Å². The van der Waals surface area contributed by atoms with Gasteiger partial charge in [-0.05, 0) is 38.1 Å². The molecule has 0 spiro atoms. The summed E-state index contributed by atoms with van der Waals surface area (Å²) in [5, 5.41) is 3.17. The van der Waals surface area contributed by atoms with Gasteiger partial charge in [0.15, 0.2) is 0 Å². The molecule has 3 aliphatic rings. The zero-order chi connectivity index (χ0) is 10.4. The number of hydrogen-bond acceptors (Lipinski definition) is 2. The van der Waals surface area contributed by atoms with Gasteiger partial charge in [0, 0.05) is 6.54 Å². The second kappa shape index (κ2) is 3.34. The van der Waals surface area contributed by atoms with Crippen molar-refractivity contribution in [3.05, 3.63) is 12.2 Å². The number of hydrogen-bond donors (Lipinski definition) is 1. The fourth-order valence-corrected chi connectivity index (χ4v) is 2.80. The van der Waals surface area contributed by atoms with Gasteiger partial charge in [-0.1, -0.05) is 12.2 Å². The predicted octanol–water partition coefficient (Wildman–Crippen LogP) is 0.771. The second-order valence-electron chi connectivity index (χ2n) is 5.05. The molecule has 2 aliphatic carbocycles. The summed E-state index contributed by atoms with van der Waals surface area (Å²) in [6.07, 6.45) is 7.75. The Hall–Kier alpha value is -0.830. The lowest BCUT2D eigenvalue weighted by atomic mass is 10.0. The molecule has 1 N–H and O–H groups in total. The van der Waals surface area contributed by atoms with Gasteiger partial charge < -0.3 is 10.2 Å². The summed E-state index contributed by atoms with van der Waals surface area (Å²) >= 11 is 0. The third-order valence-corrected chi connectivity index (χ3v) is 4.10. The number of rotatable bonds is 2. The Morgan fingerprint density at radius 3 is 2.80 bits per heavy atom. The van der Waals surface area contributed by atoms with Crippen LogP contribution >= 0.6 is 0 Å². The first-order valence-corrected chi connectivity index (χ1v) is 5.94. The average Bonchev–Trinajstić information content (AvgIpc) is 2.87. The van der Waals surface area contributed by atoms with E-state index in [4.69, 9.17) is 0 Å². The number of likely N-dealkylation sites (tertiary alicyclic amines) is 1. The Kier molecular flexibility index (Phi) is 2.09. The molecule has 0 bridgehead atoms. The van der Waals surface area contributed by atoms with Crippen molar-refractivity contribution in [2.24, 2.45) is 11.8 Å². The smallest absolute Gasteiger partial charge is 0.240 e. The van der Waals surface area contributed by atoms with Crippen LogP contribution in [0.15, 0.2) is 12.2 Å². The third kappa shape index (κ3) is 1.49. The molecule has 3 nitrogen and oxygen atoms in total. The van der Waals surface area contributed by atoms with E-state index >= 15 is 0 Å². The Morgan fingerprint density at radius 2 is 2.20 bits per heavy atom. The van der Waals surface area contributed by atoms with Crippen LogP contribution in [-0.4, -0.2) is 36.5 Å². The van der Waals surface area contributed by atoms with E-state index in [2.05, 4.69) is 22.4 Å². The van der Waals surface area contributed by atoms with E-state index in [0.29, 0.717) is 11.9 Å². The first-order chi connectivity index (χ1) is 7.29. The minimum absolute atomic E-state index is 0.0662. The van der Waals surface area contributed by atoms with Crippen molar-refractivity contribution in [2.75, 3.05) is 13.6 Å². The van der Waals surface area contributed by atoms with Gasteiger partial charge in [-0.2, -0.15) is 0 Å². The van der Waals surface area contributed by atoms with Crippen molar-refractivity contribution in [2.45, 2.75) is 31.3 Å². The molecule has 1 heterocycles.